The topological polar surface area (TPSA) is 76.1 Å². The molecule has 7 heteroatoms. The molecule has 2 unspecified atom stereocenters. The number of piperidine rings is 1. The summed E-state index contributed by atoms with van der Waals surface area (Å²) in [5.74, 6) is 0.221. The SMILES string of the molecule is Cc1ccc(C(OS(=O)O)c2ccccc2C2CCN(C(=O)OC(C)(C)C)CC2)cc1. The van der Waals surface area contributed by atoms with Crippen molar-refractivity contribution in [3.8, 4) is 0 Å². The minimum absolute atomic E-state index is 0.221. The molecule has 0 bridgehead atoms. The van der Waals surface area contributed by atoms with Gasteiger partial charge in [0.2, 0.25) is 0 Å². The number of likely N-dealkylation sites (tertiary alicyclic amines) is 1. The third kappa shape index (κ3) is 6.38. The van der Waals surface area contributed by atoms with Gasteiger partial charge in [0.1, 0.15) is 11.7 Å². The van der Waals surface area contributed by atoms with Gasteiger partial charge in [0, 0.05) is 13.1 Å². The van der Waals surface area contributed by atoms with E-state index < -0.39 is 23.1 Å². The fourth-order valence-corrected chi connectivity index (χ4v) is 4.31. The normalized spacial score (nSPS) is 17.3. The molecule has 0 spiro atoms. The fraction of sp³-hybridized carbons (Fsp3) is 0.458. The molecule has 1 heterocycles. The van der Waals surface area contributed by atoms with Gasteiger partial charge in [-0.15, -0.1) is 0 Å². The first kappa shape index (κ1) is 23.4. The Hall–Kier alpha value is -2.22. The number of carbonyl (C=O) groups excluding carboxylic acids is 1. The Morgan fingerprint density at radius 2 is 1.71 bits per heavy atom. The van der Waals surface area contributed by atoms with Gasteiger partial charge in [-0.2, -0.15) is 4.21 Å². The van der Waals surface area contributed by atoms with Crippen LogP contribution in [0.5, 0.6) is 0 Å². The van der Waals surface area contributed by atoms with Gasteiger partial charge >= 0.3 is 17.5 Å². The highest BCUT2D eigenvalue weighted by molar-refractivity contribution is 7.74. The second-order valence-electron chi connectivity index (χ2n) is 8.97. The second kappa shape index (κ2) is 9.94. The zero-order chi connectivity index (χ0) is 22.6. The predicted molar refractivity (Wildman–Crippen MR) is 121 cm³/mol. The van der Waals surface area contributed by atoms with Crippen molar-refractivity contribution in [2.45, 2.75) is 58.2 Å². The minimum Gasteiger partial charge on any atom is -0.444 e. The number of hydrogen-bond acceptors (Lipinski definition) is 4. The van der Waals surface area contributed by atoms with E-state index in [1.807, 2.05) is 76.2 Å². The predicted octanol–water partition coefficient (Wildman–Crippen LogP) is 5.35. The molecule has 1 fully saturated rings. The van der Waals surface area contributed by atoms with Crippen LogP contribution in [-0.4, -0.2) is 38.4 Å². The number of aryl methyl sites for hydroxylation is 1. The summed E-state index contributed by atoms with van der Waals surface area (Å²) in [4.78, 5) is 14.1. The third-order valence-corrected chi connectivity index (χ3v) is 5.78. The molecule has 1 aliphatic rings. The Labute approximate surface area is 187 Å². The molecule has 0 radical (unpaired) electrons. The van der Waals surface area contributed by atoms with Gasteiger partial charge in [0.15, 0.2) is 0 Å². The van der Waals surface area contributed by atoms with Crippen molar-refractivity contribution in [3.05, 3.63) is 70.8 Å². The van der Waals surface area contributed by atoms with Crippen molar-refractivity contribution >= 4 is 17.5 Å². The molecule has 0 aromatic heterocycles. The third-order valence-electron chi connectivity index (χ3n) is 5.42. The molecule has 168 valence electrons. The Bertz CT molecular complexity index is 914. The molecule has 2 aromatic rings. The number of amides is 1. The van der Waals surface area contributed by atoms with E-state index in [1.54, 1.807) is 4.90 Å². The number of rotatable bonds is 5. The summed E-state index contributed by atoms with van der Waals surface area (Å²) in [7, 11) is 0. The van der Waals surface area contributed by atoms with Crippen LogP contribution in [0.2, 0.25) is 0 Å². The maximum absolute atomic E-state index is 12.4. The van der Waals surface area contributed by atoms with Crippen LogP contribution in [0.4, 0.5) is 4.79 Å². The number of carbonyl (C=O) groups is 1. The molecule has 1 aliphatic heterocycles. The van der Waals surface area contributed by atoms with Crippen molar-refractivity contribution in [1.82, 2.24) is 4.90 Å². The molecular weight excluding hydrogens is 414 g/mol. The summed E-state index contributed by atoms with van der Waals surface area (Å²) in [6.07, 6.45) is 0.653. The molecule has 6 nitrogen and oxygen atoms in total. The van der Waals surface area contributed by atoms with Crippen molar-refractivity contribution in [2.75, 3.05) is 13.1 Å². The van der Waals surface area contributed by atoms with Crippen LogP contribution < -0.4 is 0 Å². The maximum Gasteiger partial charge on any atom is 0.410 e. The lowest BCUT2D eigenvalue weighted by Gasteiger charge is -2.34. The van der Waals surface area contributed by atoms with Gasteiger partial charge in [0.25, 0.3) is 0 Å². The molecule has 3 rings (SSSR count). The van der Waals surface area contributed by atoms with Gasteiger partial charge in [-0.1, -0.05) is 54.1 Å². The summed E-state index contributed by atoms with van der Waals surface area (Å²) < 4.78 is 32.0. The molecule has 1 N–H and O–H groups in total. The first-order valence-corrected chi connectivity index (χ1v) is 11.6. The quantitative estimate of drug-likeness (QED) is 0.628. The number of ether oxygens (including phenoxy) is 1. The summed E-state index contributed by atoms with van der Waals surface area (Å²) in [5, 5.41) is 0. The van der Waals surface area contributed by atoms with Crippen molar-refractivity contribution in [2.24, 2.45) is 0 Å². The highest BCUT2D eigenvalue weighted by Crippen LogP contribution is 2.37. The van der Waals surface area contributed by atoms with E-state index in [-0.39, 0.29) is 12.0 Å². The lowest BCUT2D eigenvalue weighted by molar-refractivity contribution is 0.0204. The van der Waals surface area contributed by atoms with E-state index in [0.29, 0.717) is 13.1 Å². The van der Waals surface area contributed by atoms with E-state index in [1.165, 1.54) is 0 Å². The Morgan fingerprint density at radius 3 is 2.29 bits per heavy atom. The maximum atomic E-state index is 12.4. The van der Waals surface area contributed by atoms with Gasteiger partial charge < -0.3 is 9.64 Å². The first-order valence-electron chi connectivity index (χ1n) is 10.6. The summed E-state index contributed by atoms with van der Waals surface area (Å²) in [6.45, 7) is 8.81. The summed E-state index contributed by atoms with van der Waals surface area (Å²) in [6, 6.07) is 15.7. The molecule has 1 amide bonds. The molecule has 31 heavy (non-hydrogen) atoms. The van der Waals surface area contributed by atoms with Crippen LogP contribution in [0.1, 0.15) is 67.9 Å². The van der Waals surface area contributed by atoms with Crippen LogP contribution in [-0.2, 0) is 20.3 Å². The monoisotopic (exact) mass is 445 g/mol. The van der Waals surface area contributed by atoms with Crippen LogP contribution in [0.15, 0.2) is 48.5 Å². The van der Waals surface area contributed by atoms with E-state index >= 15 is 0 Å². The van der Waals surface area contributed by atoms with E-state index in [9.17, 15) is 13.6 Å². The second-order valence-corrected chi connectivity index (χ2v) is 9.60. The van der Waals surface area contributed by atoms with Gasteiger partial charge in [0.05, 0.1) is 0 Å². The van der Waals surface area contributed by atoms with E-state index in [4.69, 9.17) is 8.92 Å². The zero-order valence-corrected chi connectivity index (χ0v) is 19.4. The standard InChI is InChI=1S/C24H31NO5S/c1-17-9-11-19(12-10-17)22(30-31(27)28)21-8-6-5-7-20(21)18-13-15-25(16-14-18)23(26)29-24(2,3)4/h5-12,18,22H,13-16H2,1-4H3,(H,27,28). The molecule has 0 saturated carbocycles. The Balaban J connectivity index is 1.82. The highest BCUT2D eigenvalue weighted by Gasteiger charge is 2.30. The van der Waals surface area contributed by atoms with Crippen molar-refractivity contribution < 1.29 is 22.5 Å². The van der Waals surface area contributed by atoms with Gasteiger partial charge in [-0.05, 0) is 63.1 Å². The lowest BCUT2D eigenvalue weighted by atomic mass is 9.84. The Kier molecular flexibility index (Phi) is 7.51. The minimum atomic E-state index is -2.41. The molecule has 2 atom stereocenters. The van der Waals surface area contributed by atoms with Crippen molar-refractivity contribution in [3.63, 3.8) is 0 Å². The molecule has 2 aromatic carbocycles. The van der Waals surface area contributed by atoms with Gasteiger partial charge in [-0.25, -0.2) is 4.79 Å². The average Bonchev–Trinajstić information content (AvgIpc) is 2.71. The van der Waals surface area contributed by atoms with E-state index in [0.717, 1.165) is 35.1 Å². The fourth-order valence-electron chi connectivity index (χ4n) is 3.93. The molecule has 1 saturated heterocycles. The van der Waals surface area contributed by atoms with Crippen LogP contribution >= 0.6 is 0 Å². The number of hydrogen-bond donors (Lipinski definition) is 1. The van der Waals surface area contributed by atoms with E-state index in [2.05, 4.69) is 0 Å². The average molecular weight is 446 g/mol. The molecule has 0 aliphatic carbocycles. The number of nitrogens with zero attached hydrogens (tertiary/aromatic N) is 1. The summed E-state index contributed by atoms with van der Waals surface area (Å²) in [5.41, 5.74) is 3.38. The zero-order valence-electron chi connectivity index (χ0n) is 18.5. The van der Waals surface area contributed by atoms with Crippen LogP contribution in [0.3, 0.4) is 0 Å². The highest BCUT2D eigenvalue weighted by atomic mass is 32.2. The summed E-state index contributed by atoms with van der Waals surface area (Å²) >= 11 is -2.41. The smallest absolute Gasteiger partial charge is 0.410 e. The Morgan fingerprint density at radius 1 is 1.10 bits per heavy atom. The molecular formula is C24H31NO5S. The number of benzene rings is 2. The van der Waals surface area contributed by atoms with Crippen LogP contribution in [0, 0.1) is 6.92 Å². The van der Waals surface area contributed by atoms with Crippen molar-refractivity contribution in [1.29, 1.82) is 0 Å². The van der Waals surface area contributed by atoms with Gasteiger partial charge in [-0.3, -0.25) is 8.74 Å². The van der Waals surface area contributed by atoms with Crippen LogP contribution in [0.25, 0.3) is 0 Å². The first-order chi connectivity index (χ1) is 14.6. The largest absolute Gasteiger partial charge is 0.444 e. The lowest BCUT2D eigenvalue weighted by Crippen LogP contribution is -2.41.